The monoisotopic (exact) mass is 305 g/mol. The number of benzene rings is 1. The number of hydrogen-bond donors (Lipinski definition) is 2. The molecular formula is C17H20FNO3. The zero-order valence-corrected chi connectivity index (χ0v) is 12.7. The molecular weight excluding hydrogens is 285 g/mol. The predicted molar refractivity (Wildman–Crippen MR) is 81.8 cm³/mol. The fraction of sp³-hybridized carbons (Fsp3) is 0.353. The Morgan fingerprint density at radius 1 is 1.23 bits per heavy atom. The molecule has 0 bridgehead atoms. The summed E-state index contributed by atoms with van der Waals surface area (Å²) in [5.41, 5.74) is 0.782. The highest BCUT2D eigenvalue weighted by Gasteiger charge is 2.18. The van der Waals surface area contributed by atoms with E-state index in [0.29, 0.717) is 30.4 Å². The third-order valence-corrected chi connectivity index (χ3v) is 3.32. The molecule has 0 aliphatic rings. The van der Waals surface area contributed by atoms with Crippen LogP contribution in [0.2, 0.25) is 0 Å². The zero-order chi connectivity index (χ0) is 16.1. The van der Waals surface area contributed by atoms with Gasteiger partial charge in [0, 0.05) is 5.56 Å². The average molecular weight is 305 g/mol. The molecule has 0 amide bonds. The van der Waals surface area contributed by atoms with Gasteiger partial charge in [0.05, 0.1) is 6.54 Å². The Kier molecular flexibility index (Phi) is 5.33. The second kappa shape index (κ2) is 7.22. The maximum absolute atomic E-state index is 12.9. The van der Waals surface area contributed by atoms with Gasteiger partial charge in [0.1, 0.15) is 23.4 Å². The summed E-state index contributed by atoms with van der Waals surface area (Å²) in [5.74, 6) is 0.413. The second-order valence-electron chi connectivity index (χ2n) is 5.67. The van der Waals surface area contributed by atoms with Crippen molar-refractivity contribution in [2.75, 3.05) is 0 Å². The molecule has 2 aromatic rings. The van der Waals surface area contributed by atoms with Crippen molar-refractivity contribution in [1.29, 1.82) is 0 Å². The first-order valence-electron chi connectivity index (χ1n) is 7.26. The molecule has 5 heteroatoms. The van der Waals surface area contributed by atoms with E-state index in [-0.39, 0.29) is 5.82 Å². The molecule has 1 heterocycles. The first-order valence-corrected chi connectivity index (χ1v) is 7.26. The van der Waals surface area contributed by atoms with Gasteiger partial charge in [-0.3, -0.25) is 10.1 Å². The lowest BCUT2D eigenvalue weighted by atomic mass is 10.0. The van der Waals surface area contributed by atoms with Gasteiger partial charge >= 0.3 is 5.97 Å². The SMILES string of the molecule is CC(C)C[C@@H](NCc1ccc(-c2ccc(F)cc2)o1)C(=O)O. The summed E-state index contributed by atoms with van der Waals surface area (Å²) in [4.78, 5) is 11.2. The molecule has 0 radical (unpaired) electrons. The first-order chi connectivity index (χ1) is 10.5. The van der Waals surface area contributed by atoms with Crippen LogP contribution in [0.3, 0.4) is 0 Å². The third kappa shape index (κ3) is 4.43. The Hall–Kier alpha value is -2.14. The molecule has 1 atom stereocenters. The number of rotatable bonds is 7. The van der Waals surface area contributed by atoms with Crippen molar-refractivity contribution in [2.24, 2.45) is 5.92 Å². The van der Waals surface area contributed by atoms with Crippen molar-refractivity contribution >= 4 is 5.97 Å². The lowest BCUT2D eigenvalue weighted by Crippen LogP contribution is -2.37. The summed E-state index contributed by atoms with van der Waals surface area (Å²) in [6, 6.07) is 9.02. The van der Waals surface area contributed by atoms with Gasteiger partial charge in [-0.15, -0.1) is 0 Å². The van der Waals surface area contributed by atoms with Crippen LogP contribution in [0.5, 0.6) is 0 Å². The fourth-order valence-electron chi connectivity index (χ4n) is 2.21. The van der Waals surface area contributed by atoms with Gasteiger partial charge in [-0.05, 0) is 48.7 Å². The normalized spacial score (nSPS) is 12.5. The highest BCUT2D eigenvalue weighted by atomic mass is 19.1. The molecule has 0 saturated heterocycles. The van der Waals surface area contributed by atoms with Crippen molar-refractivity contribution in [3.05, 3.63) is 48.0 Å². The standard InChI is InChI=1S/C17H20FNO3/c1-11(2)9-15(17(20)21)19-10-14-7-8-16(22-14)12-3-5-13(18)6-4-12/h3-8,11,15,19H,9-10H2,1-2H3,(H,20,21)/t15-/m1/s1. The Labute approximate surface area is 129 Å². The van der Waals surface area contributed by atoms with Gasteiger partial charge in [-0.2, -0.15) is 0 Å². The van der Waals surface area contributed by atoms with Gasteiger partial charge in [-0.1, -0.05) is 13.8 Å². The lowest BCUT2D eigenvalue weighted by molar-refractivity contribution is -0.140. The molecule has 22 heavy (non-hydrogen) atoms. The van der Waals surface area contributed by atoms with E-state index < -0.39 is 12.0 Å². The molecule has 4 nitrogen and oxygen atoms in total. The predicted octanol–water partition coefficient (Wildman–Crippen LogP) is 3.67. The number of carbonyl (C=O) groups is 1. The summed E-state index contributed by atoms with van der Waals surface area (Å²) in [7, 11) is 0. The number of carboxylic acid groups (broad SMARTS) is 1. The van der Waals surface area contributed by atoms with Crippen LogP contribution in [0.15, 0.2) is 40.8 Å². The van der Waals surface area contributed by atoms with Gasteiger partial charge in [-0.25, -0.2) is 4.39 Å². The van der Waals surface area contributed by atoms with Gasteiger partial charge in [0.2, 0.25) is 0 Å². The molecule has 0 unspecified atom stereocenters. The summed E-state index contributed by atoms with van der Waals surface area (Å²) < 4.78 is 18.6. The smallest absolute Gasteiger partial charge is 0.320 e. The van der Waals surface area contributed by atoms with E-state index in [0.717, 1.165) is 5.56 Å². The van der Waals surface area contributed by atoms with Gasteiger partial charge < -0.3 is 9.52 Å². The minimum Gasteiger partial charge on any atom is -0.480 e. The molecule has 0 spiro atoms. The second-order valence-corrected chi connectivity index (χ2v) is 5.67. The van der Waals surface area contributed by atoms with Crippen LogP contribution >= 0.6 is 0 Å². The summed E-state index contributed by atoms with van der Waals surface area (Å²) in [5, 5.41) is 12.2. The largest absolute Gasteiger partial charge is 0.480 e. The fourth-order valence-corrected chi connectivity index (χ4v) is 2.21. The minimum atomic E-state index is -0.862. The van der Waals surface area contributed by atoms with Crippen LogP contribution < -0.4 is 5.32 Å². The maximum Gasteiger partial charge on any atom is 0.320 e. The van der Waals surface area contributed by atoms with E-state index >= 15 is 0 Å². The van der Waals surface area contributed by atoms with Crippen LogP contribution in [-0.2, 0) is 11.3 Å². The van der Waals surface area contributed by atoms with E-state index in [1.165, 1.54) is 12.1 Å². The van der Waals surface area contributed by atoms with E-state index in [4.69, 9.17) is 4.42 Å². The van der Waals surface area contributed by atoms with Crippen molar-refractivity contribution in [3.63, 3.8) is 0 Å². The summed E-state index contributed by atoms with van der Waals surface area (Å²) >= 11 is 0. The Bertz CT molecular complexity index is 619. The third-order valence-electron chi connectivity index (χ3n) is 3.32. The lowest BCUT2D eigenvalue weighted by Gasteiger charge is -2.15. The quantitative estimate of drug-likeness (QED) is 0.819. The Balaban J connectivity index is 1.99. The van der Waals surface area contributed by atoms with Crippen molar-refractivity contribution in [1.82, 2.24) is 5.32 Å². The molecule has 1 aromatic carbocycles. The van der Waals surface area contributed by atoms with E-state index in [9.17, 15) is 14.3 Å². The Morgan fingerprint density at radius 2 is 1.91 bits per heavy atom. The van der Waals surface area contributed by atoms with Crippen molar-refractivity contribution in [2.45, 2.75) is 32.9 Å². The molecule has 2 rings (SSSR count). The number of carboxylic acids is 1. The Morgan fingerprint density at radius 3 is 2.50 bits per heavy atom. The van der Waals surface area contributed by atoms with E-state index in [1.807, 2.05) is 13.8 Å². The summed E-state index contributed by atoms with van der Waals surface area (Å²) in [6.07, 6.45) is 0.556. The number of aliphatic carboxylic acids is 1. The van der Waals surface area contributed by atoms with Gasteiger partial charge in [0.25, 0.3) is 0 Å². The van der Waals surface area contributed by atoms with Crippen LogP contribution in [0.1, 0.15) is 26.0 Å². The van der Waals surface area contributed by atoms with E-state index in [2.05, 4.69) is 5.32 Å². The van der Waals surface area contributed by atoms with Crippen LogP contribution in [0.4, 0.5) is 4.39 Å². The molecule has 0 saturated carbocycles. The van der Waals surface area contributed by atoms with Crippen molar-refractivity contribution in [3.8, 4) is 11.3 Å². The topological polar surface area (TPSA) is 62.5 Å². The van der Waals surface area contributed by atoms with Crippen molar-refractivity contribution < 1.29 is 18.7 Å². The minimum absolute atomic E-state index is 0.292. The first kappa shape index (κ1) is 16.2. The molecule has 1 aromatic heterocycles. The summed E-state index contributed by atoms with van der Waals surface area (Å²) in [6.45, 7) is 4.30. The number of furan rings is 1. The zero-order valence-electron chi connectivity index (χ0n) is 12.7. The van der Waals surface area contributed by atoms with E-state index in [1.54, 1.807) is 24.3 Å². The van der Waals surface area contributed by atoms with Crippen LogP contribution in [-0.4, -0.2) is 17.1 Å². The van der Waals surface area contributed by atoms with Crippen LogP contribution in [0.25, 0.3) is 11.3 Å². The molecule has 118 valence electrons. The molecule has 0 aliphatic carbocycles. The molecule has 2 N–H and O–H groups in total. The number of halogens is 1. The molecule has 0 aliphatic heterocycles. The highest BCUT2D eigenvalue weighted by molar-refractivity contribution is 5.73. The van der Waals surface area contributed by atoms with Crippen LogP contribution in [0, 0.1) is 11.7 Å². The number of nitrogens with one attached hydrogen (secondary N) is 1. The highest BCUT2D eigenvalue weighted by Crippen LogP contribution is 2.22. The number of hydrogen-bond acceptors (Lipinski definition) is 3. The average Bonchev–Trinajstić information content (AvgIpc) is 2.92. The van der Waals surface area contributed by atoms with Gasteiger partial charge in [0.15, 0.2) is 0 Å². The maximum atomic E-state index is 12.9. The molecule has 0 fully saturated rings.